The van der Waals surface area contributed by atoms with Crippen LogP contribution in [-0.2, 0) is 11.2 Å². The lowest BCUT2D eigenvalue weighted by atomic mass is 9.94. The Morgan fingerprint density at radius 2 is 1.87 bits per heavy atom. The molecule has 0 aliphatic heterocycles. The third kappa shape index (κ3) is 2.38. The molecule has 2 nitrogen and oxygen atoms in total. The van der Waals surface area contributed by atoms with Crippen molar-refractivity contribution < 1.29 is 9.53 Å². The molecule has 0 saturated carbocycles. The lowest BCUT2D eigenvalue weighted by molar-refractivity contribution is -0.116. The summed E-state index contributed by atoms with van der Waals surface area (Å²) in [7, 11) is 1.67. The van der Waals surface area contributed by atoms with Crippen LogP contribution in [0, 0.1) is 20.8 Å². The van der Waals surface area contributed by atoms with Crippen LogP contribution in [0.1, 0.15) is 29.2 Å². The summed E-state index contributed by atoms with van der Waals surface area (Å²) in [6.07, 6.45) is 0.516. The molecule has 0 aliphatic carbocycles. The van der Waals surface area contributed by atoms with Crippen LogP contribution in [-0.4, -0.2) is 12.9 Å². The lowest BCUT2D eigenvalue weighted by Crippen LogP contribution is -2.04. The first-order valence-electron chi connectivity index (χ1n) is 5.10. The average Bonchev–Trinajstić information content (AvgIpc) is 2.18. The van der Waals surface area contributed by atoms with E-state index in [0.717, 1.165) is 22.4 Å². The number of ether oxygens (including phenoxy) is 1. The molecule has 0 bridgehead atoms. The molecule has 82 valence electrons. The third-order valence-electron chi connectivity index (χ3n) is 2.85. The highest BCUT2D eigenvalue weighted by Gasteiger charge is 2.11. The van der Waals surface area contributed by atoms with E-state index >= 15 is 0 Å². The average molecular weight is 206 g/mol. The van der Waals surface area contributed by atoms with Crippen molar-refractivity contribution in [2.24, 2.45) is 0 Å². The monoisotopic (exact) mass is 206 g/mol. The summed E-state index contributed by atoms with van der Waals surface area (Å²) < 4.78 is 5.28. The van der Waals surface area contributed by atoms with Crippen LogP contribution in [0.15, 0.2) is 6.07 Å². The van der Waals surface area contributed by atoms with Crippen LogP contribution >= 0.6 is 0 Å². The first-order valence-corrected chi connectivity index (χ1v) is 5.10. The van der Waals surface area contributed by atoms with Crippen LogP contribution in [0.3, 0.4) is 0 Å². The number of methoxy groups -OCH3 is 1. The number of benzene rings is 1. The van der Waals surface area contributed by atoms with Gasteiger partial charge in [-0.2, -0.15) is 0 Å². The van der Waals surface area contributed by atoms with Crippen molar-refractivity contribution in [2.75, 3.05) is 7.11 Å². The molecule has 0 N–H and O–H groups in total. The molecule has 0 radical (unpaired) electrons. The number of aryl methyl sites for hydroxylation is 1. The summed E-state index contributed by atoms with van der Waals surface area (Å²) in [6, 6.07) is 2.00. The molecule has 0 fully saturated rings. The van der Waals surface area contributed by atoms with Gasteiger partial charge in [0.25, 0.3) is 0 Å². The fourth-order valence-electron chi connectivity index (χ4n) is 1.83. The van der Waals surface area contributed by atoms with Crippen molar-refractivity contribution in [1.29, 1.82) is 0 Å². The zero-order valence-corrected chi connectivity index (χ0v) is 10.1. The Kier molecular flexibility index (Phi) is 3.51. The number of hydrogen-bond acceptors (Lipinski definition) is 2. The van der Waals surface area contributed by atoms with Crippen LogP contribution in [0.2, 0.25) is 0 Å². The molecule has 0 saturated heterocycles. The minimum absolute atomic E-state index is 0.200. The quantitative estimate of drug-likeness (QED) is 0.760. The topological polar surface area (TPSA) is 26.3 Å². The Morgan fingerprint density at radius 1 is 1.27 bits per heavy atom. The number of ketones is 1. The maximum atomic E-state index is 11.2. The molecule has 0 heterocycles. The second-order valence-electron chi connectivity index (χ2n) is 4.00. The maximum absolute atomic E-state index is 11.2. The van der Waals surface area contributed by atoms with Crippen molar-refractivity contribution in [2.45, 2.75) is 34.1 Å². The highest BCUT2D eigenvalue weighted by Crippen LogP contribution is 2.27. The first-order chi connectivity index (χ1) is 6.97. The molecule has 1 rings (SSSR count). The van der Waals surface area contributed by atoms with Crippen molar-refractivity contribution in [3.8, 4) is 5.75 Å². The van der Waals surface area contributed by atoms with Gasteiger partial charge in [-0.15, -0.1) is 0 Å². The standard InChI is InChI=1S/C13H18O2/c1-8-6-13(15-5)11(4)10(3)12(8)7-9(2)14/h6H,7H2,1-5H3. The van der Waals surface area contributed by atoms with Crippen molar-refractivity contribution in [3.63, 3.8) is 0 Å². The zero-order valence-electron chi connectivity index (χ0n) is 10.1. The van der Waals surface area contributed by atoms with Crippen LogP contribution < -0.4 is 4.74 Å². The van der Waals surface area contributed by atoms with E-state index in [1.54, 1.807) is 14.0 Å². The van der Waals surface area contributed by atoms with E-state index in [4.69, 9.17) is 4.74 Å². The number of rotatable bonds is 3. The van der Waals surface area contributed by atoms with Crippen molar-refractivity contribution in [3.05, 3.63) is 28.3 Å². The largest absolute Gasteiger partial charge is 0.496 e. The number of carbonyl (C=O) groups excluding carboxylic acids is 1. The van der Waals surface area contributed by atoms with Gasteiger partial charge in [0.15, 0.2) is 0 Å². The van der Waals surface area contributed by atoms with E-state index in [2.05, 4.69) is 0 Å². The Morgan fingerprint density at radius 3 is 2.33 bits per heavy atom. The minimum Gasteiger partial charge on any atom is -0.496 e. The lowest BCUT2D eigenvalue weighted by Gasteiger charge is -2.14. The Hall–Kier alpha value is -1.31. The van der Waals surface area contributed by atoms with Gasteiger partial charge in [0.2, 0.25) is 0 Å². The van der Waals surface area contributed by atoms with E-state index < -0.39 is 0 Å². The van der Waals surface area contributed by atoms with E-state index in [-0.39, 0.29) is 5.78 Å². The predicted octanol–water partition coefficient (Wildman–Crippen LogP) is 2.75. The van der Waals surface area contributed by atoms with Gasteiger partial charge in [0.05, 0.1) is 7.11 Å². The predicted molar refractivity (Wildman–Crippen MR) is 61.6 cm³/mol. The molecule has 1 aromatic carbocycles. The van der Waals surface area contributed by atoms with E-state index in [9.17, 15) is 4.79 Å². The number of carbonyl (C=O) groups is 1. The van der Waals surface area contributed by atoms with Gasteiger partial charge in [-0.3, -0.25) is 4.79 Å². The molecule has 1 aromatic rings. The first kappa shape index (κ1) is 11.8. The smallest absolute Gasteiger partial charge is 0.134 e. The van der Waals surface area contributed by atoms with Crippen LogP contribution in [0.4, 0.5) is 0 Å². The summed E-state index contributed by atoms with van der Waals surface area (Å²) in [5, 5.41) is 0. The molecule has 2 heteroatoms. The Bertz CT molecular complexity index is 392. The summed E-state index contributed by atoms with van der Waals surface area (Å²) in [6.45, 7) is 7.71. The van der Waals surface area contributed by atoms with Gasteiger partial charge >= 0.3 is 0 Å². The summed E-state index contributed by atoms with van der Waals surface area (Å²) >= 11 is 0. The fourth-order valence-corrected chi connectivity index (χ4v) is 1.83. The minimum atomic E-state index is 0.200. The zero-order chi connectivity index (χ0) is 11.6. The summed E-state index contributed by atoms with van der Waals surface area (Å²) in [4.78, 5) is 11.2. The molecule has 0 aromatic heterocycles. The summed E-state index contributed by atoms with van der Waals surface area (Å²) in [5.74, 6) is 1.10. The molecule has 0 unspecified atom stereocenters. The van der Waals surface area contributed by atoms with Gasteiger partial charge in [-0.1, -0.05) is 0 Å². The van der Waals surface area contributed by atoms with Crippen molar-refractivity contribution >= 4 is 5.78 Å². The fraction of sp³-hybridized carbons (Fsp3) is 0.462. The second-order valence-corrected chi connectivity index (χ2v) is 4.00. The normalized spacial score (nSPS) is 10.2. The molecule has 0 amide bonds. The maximum Gasteiger partial charge on any atom is 0.134 e. The van der Waals surface area contributed by atoms with Crippen LogP contribution in [0.5, 0.6) is 5.75 Å². The van der Waals surface area contributed by atoms with Gasteiger partial charge in [0.1, 0.15) is 11.5 Å². The molecule has 0 spiro atoms. The molecular formula is C13H18O2. The highest BCUT2D eigenvalue weighted by molar-refractivity contribution is 5.79. The van der Waals surface area contributed by atoms with Gasteiger partial charge in [-0.05, 0) is 56.0 Å². The van der Waals surface area contributed by atoms with Gasteiger partial charge in [0, 0.05) is 6.42 Å². The highest BCUT2D eigenvalue weighted by atomic mass is 16.5. The number of Topliss-reactive ketones (excluding diaryl/α,β-unsaturated/α-hetero) is 1. The summed E-state index contributed by atoms with van der Waals surface area (Å²) in [5.41, 5.74) is 4.56. The van der Waals surface area contributed by atoms with Crippen LogP contribution in [0.25, 0.3) is 0 Å². The Balaban J connectivity index is 3.29. The van der Waals surface area contributed by atoms with Crippen molar-refractivity contribution in [1.82, 2.24) is 0 Å². The SMILES string of the molecule is COc1cc(C)c(CC(C)=O)c(C)c1C. The molecular weight excluding hydrogens is 188 g/mol. The van der Waals surface area contributed by atoms with E-state index in [1.165, 1.54) is 5.56 Å². The third-order valence-corrected chi connectivity index (χ3v) is 2.85. The second kappa shape index (κ2) is 4.47. The Labute approximate surface area is 91.3 Å². The van der Waals surface area contributed by atoms with Gasteiger partial charge < -0.3 is 4.74 Å². The van der Waals surface area contributed by atoms with E-state index in [0.29, 0.717) is 6.42 Å². The number of hydrogen-bond donors (Lipinski definition) is 0. The van der Waals surface area contributed by atoms with E-state index in [1.807, 2.05) is 26.8 Å². The molecule has 15 heavy (non-hydrogen) atoms. The molecule has 0 atom stereocenters. The van der Waals surface area contributed by atoms with Gasteiger partial charge in [-0.25, -0.2) is 0 Å². The molecule has 0 aliphatic rings.